The lowest BCUT2D eigenvalue weighted by molar-refractivity contribution is 0.0536. The van der Waals surface area contributed by atoms with Gasteiger partial charge in [0.05, 0.1) is 17.9 Å². The van der Waals surface area contributed by atoms with Crippen LogP contribution in [0.2, 0.25) is 0 Å². The molecule has 0 amide bonds. The number of fused-ring (bicyclic) bond motifs is 5. The molecule has 0 spiro atoms. The minimum Gasteiger partial charge on any atom is -0.495 e. The van der Waals surface area contributed by atoms with E-state index in [1.54, 1.807) is 13.3 Å². The van der Waals surface area contributed by atoms with Crippen molar-refractivity contribution in [2.24, 2.45) is 0 Å². The average molecular weight is 331 g/mol. The van der Waals surface area contributed by atoms with Crippen LogP contribution in [0.5, 0.6) is 5.75 Å². The van der Waals surface area contributed by atoms with Crippen LogP contribution in [0.15, 0.2) is 53.1 Å². The Morgan fingerprint density at radius 2 is 1.92 bits per heavy atom. The maximum atomic E-state index is 12.4. The molecule has 122 valence electrons. The van der Waals surface area contributed by atoms with Crippen molar-refractivity contribution in [2.45, 2.75) is 6.61 Å². The normalized spacial score (nSPS) is 13.2. The number of rotatable bonds is 2. The van der Waals surface area contributed by atoms with Crippen molar-refractivity contribution < 1.29 is 18.7 Å². The van der Waals surface area contributed by atoms with Gasteiger partial charge in [0.25, 0.3) is 0 Å². The van der Waals surface area contributed by atoms with E-state index in [9.17, 15) is 4.79 Å². The molecule has 0 atom stereocenters. The number of benzene rings is 2. The van der Waals surface area contributed by atoms with E-state index in [4.69, 9.17) is 13.9 Å². The number of pyridine rings is 1. The van der Waals surface area contributed by atoms with Crippen LogP contribution in [0.3, 0.4) is 0 Å². The van der Waals surface area contributed by atoms with Gasteiger partial charge in [-0.25, -0.2) is 9.78 Å². The van der Waals surface area contributed by atoms with E-state index in [-0.39, 0.29) is 12.6 Å². The fourth-order valence-electron chi connectivity index (χ4n) is 3.54. The van der Waals surface area contributed by atoms with Crippen molar-refractivity contribution in [1.29, 1.82) is 0 Å². The van der Waals surface area contributed by atoms with Crippen LogP contribution < -0.4 is 4.74 Å². The molecule has 3 heterocycles. The fourth-order valence-corrected chi connectivity index (χ4v) is 3.54. The maximum absolute atomic E-state index is 12.4. The summed E-state index contributed by atoms with van der Waals surface area (Å²) in [6.07, 6.45) is 1.66. The predicted molar refractivity (Wildman–Crippen MR) is 92.6 cm³/mol. The Labute approximate surface area is 142 Å². The van der Waals surface area contributed by atoms with Crippen LogP contribution in [0.25, 0.3) is 33.2 Å². The van der Waals surface area contributed by atoms with Gasteiger partial charge in [-0.15, -0.1) is 0 Å². The standard InChI is InChI=1S/C20H13NO4/c1-23-17-14(11-6-3-2-4-7-11)13-10-24-20(22)16(13)18-15(17)12-8-5-9-21-19(12)25-18/h2-9H,10H2,1H3. The molecule has 5 nitrogen and oxygen atoms in total. The van der Waals surface area contributed by atoms with Crippen molar-refractivity contribution in [2.75, 3.05) is 7.11 Å². The minimum absolute atomic E-state index is 0.204. The van der Waals surface area contributed by atoms with Crippen LogP contribution in [0.1, 0.15) is 15.9 Å². The number of carbonyl (C=O) groups is 1. The van der Waals surface area contributed by atoms with E-state index < -0.39 is 0 Å². The Kier molecular flexibility index (Phi) is 2.85. The third kappa shape index (κ3) is 1.83. The van der Waals surface area contributed by atoms with E-state index in [2.05, 4.69) is 4.98 Å². The molecule has 0 saturated carbocycles. The molecule has 0 fully saturated rings. The minimum atomic E-state index is -0.376. The first-order valence-corrected chi connectivity index (χ1v) is 7.92. The lowest BCUT2D eigenvalue weighted by atomic mass is 9.92. The molecular formula is C20H13NO4. The maximum Gasteiger partial charge on any atom is 0.342 e. The van der Waals surface area contributed by atoms with Crippen LogP contribution in [0.4, 0.5) is 0 Å². The summed E-state index contributed by atoms with van der Waals surface area (Å²) in [6.45, 7) is 0.204. The smallest absolute Gasteiger partial charge is 0.342 e. The monoisotopic (exact) mass is 331 g/mol. The highest BCUT2D eigenvalue weighted by Crippen LogP contribution is 2.48. The number of hydrogen-bond acceptors (Lipinski definition) is 5. The molecule has 0 aliphatic carbocycles. The first kappa shape index (κ1) is 14.0. The molecule has 0 unspecified atom stereocenters. The van der Waals surface area contributed by atoms with Crippen molar-refractivity contribution in [3.05, 3.63) is 59.8 Å². The number of aromatic nitrogens is 1. The first-order valence-electron chi connectivity index (χ1n) is 7.92. The highest BCUT2D eigenvalue weighted by Gasteiger charge is 2.34. The van der Waals surface area contributed by atoms with E-state index in [0.717, 1.165) is 27.5 Å². The Morgan fingerprint density at radius 3 is 2.72 bits per heavy atom. The lowest BCUT2D eigenvalue weighted by Gasteiger charge is -2.13. The van der Waals surface area contributed by atoms with Gasteiger partial charge in [-0.3, -0.25) is 0 Å². The Morgan fingerprint density at radius 1 is 1.08 bits per heavy atom. The summed E-state index contributed by atoms with van der Waals surface area (Å²) in [5, 5.41) is 1.57. The van der Waals surface area contributed by atoms with Gasteiger partial charge in [0, 0.05) is 17.3 Å². The topological polar surface area (TPSA) is 61.6 Å². The Bertz CT molecular complexity index is 1150. The summed E-state index contributed by atoms with van der Waals surface area (Å²) in [5.74, 6) is 0.295. The van der Waals surface area contributed by atoms with Crippen LogP contribution in [-0.2, 0) is 11.3 Å². The molecule has 5 rings (SSSR count). The van der Waals surface area contributed by atoms with Gasteiger partial charge in [-0.05, 0) is 17.7 Å². The molecule has 0 N–H and O–H groups in total. The van der Waals surface area contributed by atoms with Crippen LogP contribution in [-0.4, -0.2) is 18.1 Å². The number of furan rings is 1. The second-order valence-electron chi connectivity index (χ2n) is 5.87. The lowest BCUT2D eigenvalue weighted by Crippen LogP contribution is -1.98. The zero-order valence-corrected chi connectivity index (χ0v) is 13.4. The molecule has 5 heteroatoms. The van der Waals surface area contributed by atoms with Gasteiger partial charge < -0.3 is 13.9 Å². The predicted octanol–water partition coefficient (Wildman–Crippen LogP) is 4.33. The zero-order chi connectivity index (χ0) is 17.0. The van der Waals surface area contributed by atoms with Crippen molar-refractivity contribution in [3.63, 3.8) is 0 Å². The molecule has 0 saturated heterocycles. The van der Waals surface area contributed by atoms with Crippen LogP contribution in [0, 0.1) is 0 Å². The number of carbonyl (C=O) groups excluding carboxylic acids is 1. The van der Waals surface area contributed by atoms with Crippen molar-refractivity contribution >= 4 is 28.0 Å². The highest BCUT2D eigenvalue weighted by molar-refractivity contribution is 6.18. The number of ether oxygens (including phenoxy) is 2. The van der Waals surface area contributed by atoms with Gasteiger partial charge >= 0.3 is 5.97 Å². The molecular weight excluding hydrogens is 318 g/mol. The van der Waals surface area contributed by atoms with Gasteiger partial charge in [0.1, 0.15) is 17.9 Å². The summed E-state index contributed by atoms with van der Waals surface area (Å²) < 4.78 is 17.0. The van der Waals surface area contributed by atoms with E-state index in [1.165, 1.54) is 0 Å². The summed E-state index contributed by atoms with van der Waals surface area (Å²) in [6, 6.07) is 13.6. The molecule has 2 aromatic heterocycles. The van der Waals surface area contributed by atoms with E-state index in [0.29, 0.717) is 22.6 Å². The summed E-state index contributed by atoms with van der Waals surface area (Å²) in [7, 11) is 1.63. The second kappa shape index (κ2) is 5.08. The van der Waals surface area contributed by atoms with E-state index in [1.807, 2.05) is 42.5 Å². The second-order valence-corrected chi connectivity index (χ2v) is 5.87. The number of esters is 1. The summed E-state index contributed by atoms with van der Waals surface area (Å²) >= 11 is 0. The van der Waals surface area contributed by atoms with Crippen molar-refractivity contribution in [1.82, 2.24) is 4.98 Å². The Hall–Kier alpha value is -3.34. The number of hydrogen-bond donors (Lipinski definition) is 0. The molecule has 2 aromatic carbocycles. The SMILES string of the molecule is COc1c(-c2ccccc2)c2c(c3oc4ncccc4c13)C(=O)OC2. The third-order valence-corrected chi connectivity index (χ3v) is 4.57. The fraction of sp³-hybridized carbons (Fsp3) is 0.100. The summed E-state index contributed by atoms with van der Waals surface area (Å²) in [5.41, 5.74) is 4.04. The van der Waals surface area contributed by atoms with Crippen LogP contribution >= 0.6 is 0 Å². The van der Waals surface area contributed by atoms with Gasteiger partial charge in [-0.2, -0.15) is 0 Å². The molecule has 1 aliphatic heterocycles. The quantitative estimate of drug-likeness (QED) is 0.512. The van der Waals surface area contributed by atoms with Gasteiger partial charge in [-0.1, -0.05) is 30.3 Å². The average Bonchev–Trinajstić information content (AvgIpc) is 3.22. The largest absolute Gasteiger partial charge is 0.495 e. The highest BCUT2D eigenvalue weighted by atomic mass is 16.5. The molecule has 0 radical (unpaired) electrons. The number of methoxy groups -OCH3 is 1. The van der Waals surface area contributed by atoms with Gasteiger partial charge in [0.15, 0.2) is 5.58 Å². The third-order valence-electron chi connectivity index (χ3n) is 4.57. The zero-order valence-electron chi connectivity index (χ0n) is 13.4. The number of cyclic esters (lactones) is 1. The molecule has 25 heavy (non-hydrogen) atoms. The summed E-state index contributed by atoms with van der Waals surface area (Å²) in [4.78, 5) is 16.7. The van der Waals surface area contributed by atoms with E-state index >= 15 is 0 Å². The van der Waals surface area contributed by atoms with Crippen molar-refractivity contribution in [3.8, 4) is 16.9 Å². The number of nitrogens with zero attached hydrogens (tertiary/aromatic N) is 1. The Balaban J connectivity index is 2.04. The molecule has 4 aromatic rings. The molecule has 1 aliphatic rings. The molecule has 0 bridgehead atoms. The first-order chi connectivity index (χ1) is 12.3. The van der Waals surface area contributed by atoms with Gasteiger partial charge in [0.2, 0.25) is 5.71 Å².